The summed E-state index contributed by atoms with van der Waals surface area (Å²) in [6, 6.07) is 14.0. The van der Waals surface area contributed by atoms with Gasteiger partial charge in [-0.05, 0) is 30.7 Å². The largest absolute Gasteiger partial charge is 0.854 e. The number of thioether (sulfide) groups is 1. The predicted octanol–water partition coefficient (Wildman–Crippen LogP) is 3.41. The van der Waals surface area contributed by atoms with E-state index in [9.17, 15) is 15.0 Å². The summed E-state index contributed by atoms with van der Waals surface area (Å²) in [7, 11) is 0. The van der Waals surface area contributed by atoms with E-state index in [0.717, 1.165) is 25.0 Å². The quantitative estimate of drug-likeness (QED) is 0.362. The number of para-hydroxylation sites is 2. The number of aromatic nitrogens is 3. The van der Waals surface area contributed by atoms with Crippen LogP contribution in [0.1, 0.15) is 44.8 Å². The van der Waals surface area contributed by atoms with Gasteiger partial charge in [-0.2, -0.15) is 0 Å². The molecule has 7 nitrogen and oxygen atoms in total. The molecule has 1 unspecified atom stereocenters. The summed E-state index contributed by atoms with van der Waals surface area (Å²) in [5.41, 5.74) is 1.97. The summed E-state index contributed by atoms with van der Waals surface area (Å²) in [6.45, 7) is 3.60. The summed E-state index contributed by atoms with van der Waals surface area (Å²) in [5.74, 6) is 0.215. The van der Waals surface area contributed by atoms with Crippen LogP contribution in [0.25, 0.3) is 11.3 Å². The number of carbonyl (C=O) groups is 1. The fraction of sp³-hybridized carbons (Fsp3) is 0.304. The second-order valence-electron chi connectivity index (χ2n) is 7.39. The first-order valence-electron chi connectivity index (χ1n) is 10.3. The van der Waals surface area contributed by atoms with E-state index in [0.29, 0.717) is 27.7 Å². The van der Waals surface area contributed by atoms with Crippen LogP contribution in [0, 0.1) is 0 Å². The Balaban J connectivity index is 1.92. The minimum Gasteiger partial charge on any atom is -0.854 e. The molecule has 1 atom stereocenters. The molecule has 3 aromatic rings. The van der Waals surface area contributed by atoms with Crippen LogP contribution in [0.15, 0.2) is 53.7 Å². The van der Waals surface area contributed by atoms with Crippen molar-refractivity contribution in [3.8, 4) is 22.9 Å². The van der Waals surface area contributed by atoms with Gasteiger partial charge in [0.05, 0.1) is 22.7 Å². The van der Waals surface area contributed by atoms with Gasteiger partial charge in [-0.25, -0.2) is 9.88 Å². The van der Waals surface area contributed by atoms with Crippen LogP contribution in [0.3, 0.4) is 0 Å². The lowest BCUT2D eigenvalue weighted by Crippen LogP contribution is -2.58. The average molecular weight is 437 g/mol. The lowest BCUT2D eigenvalue weighted by Gasteiger charge is -2.33. The molecular formula is C23H24N4O3S. The normalized spacial score (nSPS) is 14.8. The molecule has 0 saturated heterocycles. The summed E-state index contributed by atoms with van der Waals surface area (Å²) in [4.78, 5) is 18.6. The van der Waals surface area contributed by atoms with Crippen molar-refractivity contribution >= 4 is 23.4 Å². The topological polar surface area (TPSA) is 93.3 Å². The van der Waals surface area contributed by atoms with Gasteiger partial charge < -0.3 is 10.2 Å². The van der Waals surface area contributed by atoms with E-state index >= 15 is 0 Å². The highest BCUT2D eigenvalue weighted by molar-refractivity contribution is 7.99. The molecule has 160 valence electrons. The number of aromatic hydroxyl groups is 1. The van der Waals surface area contributed by atoms with Crippen molar-refractivity contribution in [1.29, 1.82) is 0 Å². The van der Waals surface area contributed by atoms with E-state index in [1.54, 1.807) is 41.3 Å². The highest BCUT2D eigenvalue weighted by atomic mass is 32.2. The molecule has 0 bridgehead atoms. The van der Waals surface area contributed by atoms with Gasteiger partial charge in [0.25, 0.3) is 17.0 Å². The molecule has 31 heavy (non-hydrogen) atoms. The number of unbranched alkanes of at least 4 members (excludes halogenated alkanes) is 2. The molecule has 0 aliphatic carbocycles. The van der Waals surface area contributed by atoms with E-state index in [2.05, 4.69) is 17.0 Å². The van der Waals surface area contributed by atoms with Crippen LogP contribution in [0.5, 0.6) is 11.6 Å². The number of benzene rings is 2. The van der Waals surface area contributed by atoms with Crippen LogP contribution in [0.2, 0.25) is 0 Å². The smallest absolute Gasteiger partial charge is 0.296 e. The number of phenols is 1. The van der Waals surface area contributed by atoms with E-state index in [4.69, 9.17) is 0 Å². The summed E-state index contributed by atoms with van der Waals surface area (Å²) in [5, 5.41) is 28.8. The number of hydrogen-bond donors (Lipinski definition) is 1. The molecule has 1 aliphatic heterocycles. The number of hydrogen-bond acceptors (Lipinski definition) is 6. The monoisotopic (exact) mass is 436 g/mol. The molecule has 0 spiro atoms. The Morgan fingerprint density at radius 3 is 2.68 bits per heavy atom. The Hall–Kier alpha value is -3.13. The molecule has 1 aliphatic rings. The van der Waals surface area contributed by atoms with E-state index in [-0.39, 0.29) is 11.7 Å². The fourth-order valence-corrected chi connectivity index (χ4v) is 4.66. The molecule has 4 rings (SSSR count). The van der Waals surface area contributed by atoms with Gasteiger partial charge in [-0.3, -0.25) is 4.79 Å². The highest BCUT2D eigenvalue weighted by Crippen LogP contribution is 2.42. The summed E-state index contributed by atoms with van der Waals surface area (Å²) in [6.07, 6.45) is 2.41. The van der Waals surface area contributed by atoms with Crippen LogP contribution in [-0.2, 0) is 4.79 Å². The van der Waals surface area contributed by atoms with Gasteiger partial charge in [-0.15, -0.1) is 0 Å². The van der Waals surface area contributed by atoms with Crippen molar-refractivity contribution in [3.05, 3.63) is 54.1 Å². The van der Waals surface area contributed by atoms with Crippen molar-refractivity contribution in [2.45, 2.75) is 44.4 Å². The van der Waals surface area contributed by atoms with Gasteiger partial charge in [0.15, 0.2) is 0 Å². The Labute approximate surface area is 185 Å². The maximum absolute atomic E-state index is 13.1. The maximum Gasteiger partial charge on any atom is 0.296 e. The third kappa shape index (κ3) is 3.95. The van der Waals surface area contributed by atoms with Gasteiger partial charge in [0.1, 0.15) is 5.75 Å². The number of amides is 1. The zero-order valence-corrected chi connectivity index (χ0v) is 18.3. The van der Waals surface area contributed by atoms with Crippen LogP contribution in [0.4, 0.5) is 5.69 Å². The van der Waals surface area contributed by atoms with Crippen molar-refractivity contribution in [1.82, 2.24) is 10.1 Å². The second kappa shape index (κ2) is 8.93. The lowest BCUT2D eigenvalue weighted by atomic mass is 10.0. The van der Waals surface area contributed by atoms with Crippen LogP contribution >= 0.6 is 11.8 Å². The molecule has 1 aromatic heterocycles. The SMILES string of the molecule is CCCCCSc1nc([O-])c2[n+](n1)C(c1ccccc1O)N(C(C)=O)c1ccccc1-2. The minimum absolute atomic E-state index is 0.0276. The Morgan fingerprint density at radius 2 is 1.94 bits per heavy atom. The predicted molar refractivity (Wildman–Crippen MR) is 117 cm³/mol. The molecule has 0 saturated carbocycles. The molecule has 1 N–H and O–H groups in total. The third-order valence-electron chi connectivity index (χ3n) is 5.25. The number of carbonyl (C=O) groups excluding carboxylic acids is 1. The lowest BCUT2D eigenvalue weighted by molar-refractivity contribution is -0.764. The molecule has 0 fully saturated rings. The zero-order valence-electron chi connectivity index (χ0n) is 17.5. The molecule has 2 aromatic carbocycles. The third-order valence-corrected chi connectivity index (χ3v) is 6.17. The first kappa shape index (κ1) is 21.1. The van der Waals surface area contributed by atoms with Gasteiger partial charge in [0, 0.05) is 17.8 Å². The van der Waals surface area contributed by atoms with Crippen LogP contribution < -0.4 is 14.7 Å². The standard InChI is InChI=1S/C23H24N4O3S/c1-3-4-9-14-31-23-24-21(30)20-16-10-5-7-12-18(16)26(15(2)28)22(27(20)25-23)17-11-6-8-13-19(17)29/h5-8,10-13,22H,3-4,9,14H2,1-2H3,(H-,24,25,29,30). The minimum atomic E-state index is -0.797. The number of rotatable bonds is 6. The van der Waals surface area contributed by atoms with Gasteiger partial charge in [0.2, 0.25) is 5.91 Å². The van der Waals surface area contributed by atoms with Crippen molar-refractivity contribution in [2.75, 3.05) is 10.7 Å². The van der Waals surface area contributed by atoms with Gasteiger partial charge >= 0.3 is 0 Å². The van der Waals surface area contributed by atoms with Crippen molar-refractivity contribution in [2.24, 2.45) is 0 Å². The highest BCUT2D eigenvalue weighted by Gasteiger charge is 2.44. The summed E-state index contributed by atoms with van der Waals surface area (Å²) < 4.78 is 1.54. The average Bonchev–Trinajstić information content (AvgIpc) is 2.76. The van der Waals surface area contributed by atoms with E-state index in [1.807, 2.05) is 12.1 Å². The Morgan fingerprint density at radius 1 is 1.19 bits per heavy atom. The maximum atomic E-state index is 13.1. The number of fused-ring (bicyclic) bond motifs is 3. The van der Waals surface area contributed by atoms with Crippen molar-refractivity contribution in [3.63, 3.8) is 0 Å². The number of nitrogens with zero attached hydrogens (tertiary/aromatic N) is 4. The van der Waals surface area contributed by atoms with E-state index in [1.165, 1.54) is 23.4 Å². The molecule has 0 radical (unpaired) electrons. The Bertz CT molecular complexity index is 1120. The van der Waals surface area contributed by atoms with E-state index < -0.39 is 12.0 Å². The van der Waals surface area contributed by atoms with Crippen LogP contribution in [-0.4, -0.2) is 26.8 Å². The Kier molecular flexibility index (Phi) is 6.08. The molecular weight excluding hydrogens is 412 g/mol. The van der Waals surface area contributed by atoms with Gasteiger partial charge in [-0.1, -0.05) is 60.5 Å². The first-order chi connectivity index (χ1) is 15.0. The number of anilines is 1. The number of phenolic OH excluding ortho intramolecular Hbond substituents is 1. The zero-order chi connectivity index (χ0) is 22.0. The second-order valence-corrected chi connectivity index (χ2v) is 8.45. The molecule has 8 heteroatoms. The molecule has 2 heterocycles. The fourth-order valence-electron chi connectivity index (χ4n) is 3.84. The van der Waals surface area contributed by atoms with Crippen molar-refractivity contribution < 1.29 is 19.7 Å². The first-order valence-corrected chi connectivity index (χ1v) is 11.3. The molecule has 1 amide bonds. The summed E-state index contributed by atoms with van der Waals surface area (Å²) >= 11 is 1.43.